The van der Waals surface area contributed by atoms with Gasteiger partial charge in [0, 0.05) is 21.7 Å². The van der Waals surface area contributed by atoms with Crippen molar-refractivity contribution < 1.29 is 24.2 Å². The van der Waals surface area contributed by atoms with E-state index in [9.17, 15) is 14.7 Å². The number of nitrogens with zero attached hydrogens (tertiary/aromatic N) is 1. The van der Waals surface area contributed by atoms with Gasteiger partial charge in [0.25, 0.3) is 11.7 Å². The summed E-state index contributed by atoms with van der Waals surface area (Å²) in [7, 11) is 1.60. The lowest BCUT2D eigenvalue weighted by atomic mass is 9.84. The van der Waals surface area contributed by atoms with E-state index in [2.05, 4.69) is 0 Å². The molecule has 1 aliphatic rings. The van der Waals surface area contributed by atoms with Crippen LogP contribution in [0.2, 0.25) is 0 Å². The lowest BCUT2D eigenvalue weighted by Gasteiger charge is -2.25. The molecule has 1 saturated heterocycles. The Morgan fingerprint density at radius 2 is 1.68 bits per heavy atom. The van der Waals surface area contributed by atoms with Gasteiger partial charge < -0.3 is 14.6 Å². The third kappa shape index (κ3) is 5.12. The quantitative estimate of drug-likeness (QED) is 0.150. The van der Waals surface area contributed by atoms with Crippen LogP contribution in [0.5, 0.6) is 17.2 Å². The van der Waals surface area contributed by atoms with Gasteiger partial charge in [-0.1, -0.05) is 39.0 Å². The number of ether oxygens (including phenoxy) is 2. The summed E-state index contributed by atoms with van der Waals surface area (Å²) in [5, 5.41) is 13.4. The first-order chi connectivity index (χ1) is 19.1. The first kappa shape index (κ1) is 27.2. The first-order valence-corrected chi connectivity index (χ1v) is 13.8. The molecular formula is C33H31NO5S. The molecule has 2 heterocycles. The number of hydrogen-bond acceptors (Lipinski definition) is 6. The number of Topliss-reactive ketones (excluding diaryl/α,β-unsaturated/α-hetero) is 1. The van der Waals surface area contributed by atoms with Gasteiger partial charge in [-0.05, 0) is 83.9 Å². The van der Waals surface area contributed by atoms with Gasteiger partial charge in [0.2, 0.25) is 0 Å². The van der Waals surface area contributed by atoms with Gasteiger partial charge in [0.15, 0.2) is 0 Å². The van der Waals surface area contributed by atoms with Crippen molar-refractivity contribution in [1.82, 2.24) is 0 Å². The highest BCUT2D eigenvalue weighted by Gasteiger charge is 2.47. The van der Waals surface area contributed by atoms with E-state index in [1.54, 1.807) is 43.5 Å². The molecule has 1 amide bonds. The molecule has 0 saturated carbocycles. The molecule has 1 fully saturated rings. The zero-order valence-electron chi connectivity index (χ0n) is 23.1. The fourth-order valence-electron chi connectivity index (χ4n) is 4.90. The number of aliphatic hydroxyl groups is 1. The summed E-state index contributed by atoms with van der Waals surface area (Å²) in [5.74, 6) is 0.354. The number of carbonyl (C=O) groups excluding carboxylic acids is 2. The average molecular weight is 554 g/mol. The van der Waals surface area contributed by atoms with Crippen molar-refractivity contribution in [2.75, 3.05) is 12.0 Å². The van der Waals surface area contributed by atoms with Crippen LogP contribution in [0, 0.1) is 6.92 Å². The number of aryl methyl sites for hydroxylation is 1. The average Bonchev–Trinajstić information content (AvgIpc) is 3.55. The van der Waals surface area contributed by atoms with Gasteiger partial charge >= 0.3 is 0 Å². The summed E-state index contributed by atoms with van der Waals surface area (Å²) in [5.41, 5.74) is 2.72. The molecule has 0 spiro atoms. The highest BCUT2D eigenvalue weighted by atomic mass is 32.1. The number of thiophene rings is 1. The van der Waals surface area contributed by atoms with Crippen molar-refractivity contribution in [3.8, 4) is 17.2 Å². The van der Waals surface area contributed by atoms with Crippen molar-refractivity contribution in [1.29, 1.82) is 0 Å². The normalized spacial score (nSPS) is 16.8. The molecule has 40 heavy (non-hydrogen) atoms. The highest BCUT2D eigenvalue weighted by molar-refractivity contribution is 7.10. The summed E-state index contributed by atoms with van der Waals surface area (Å²) < 4.78 is 11.5. The summed E-state index contributed by atoms with van der Waals surface area (Å²) in [6.07, 6.45) is 0. The number of aliphatic hydroxyl groups excluding tert-OH is 1. The summed E-state index contributed by atoms with van der Waals surface area (Å²) >= 11 is 1.42. The Hall–Kier alpha value is -4.36. The van der Waals surface area contributed by atoms with Crippen LogP contribution in [0.15, 0.2) is 89.8 Å². The molecule has 1 aromatic heterocycles. The summed E-state index contributed by atoms with van der Waals surface area (Å²) in [4.78, 5) is 29.2. The van der Waals surface area contributed by atoms with Crippen molar-refractivity contribution in [2.24, 2.45) is 0 Å². The molecular weight excluding hydrogens is 522 g/mol. The van der Waals surface area contributed by atoms with E-state index in [-0.39, 0.29) is 16.7 Å². The minimum Gasteiger partial charge on any atom is -0.507 e. The van der Waals surface area contributed by atoms with E-state index in [0.717, 1.165) is 16.0 Å². The fraction of sp³-hybridized carbons (Fsp3) is 0.212. The monoisotopic (exact) mass is 553 g/mol. The smallest absolute Gasteiger partial charge is 0.300 e. The highest BCUT2D eigenvalue weighted by Crippen LogP contribution is 2.44. The molecule has 4 aromatic rings. The number of anilines is 1. The van der Waals surface area contributed by atoms with E-state index in [1.807, 2.05) is 75.5 Å². The van der Waals surface area contributed by atoms with Crippen LogP contribution < -0.4 is 14.4 Å². The minimum atomic E-state index is -0.774. The standard InChI is InChI=1S/C33H31NO5S/c1-20-8-6-9-24(18-20)39-23-14-12-22(13-15-23)34-29(27-10-7-17-40-27)28(31(36)32(34)37)30(35)21-11-16-26(38-5)25(19-21)33(2,3)4/h6-19,29,35H,1-5H3/b30-28-. The SMILES string of the molecule is COc1ccc(/C(O)=C2/C(=O)C(=O)N(c3ccc(Oc4cccc(C)c4)cc3)C2c2cccs2)cc1C(C)(C)C. The Kier molecular flexibility index (Phi) is 7.25. The van der Waals surface area contributed by atoms with Gasteiger partial charge in [0.05, 0.1) is 12.7 Å². The molecule has 5 rings (SSSR count). The predicted molar refractivity (Wildman–Crippen MR) is 158 cm³/mol. The van der Waals surface area contributed by atoms with Crippen molar-refractivity contribution in [3.63, 3.8) is 0 Å². The van der Waals surface area contributed by atoms with Crippen molar-refractivity contribution in [2.45, 2.75) is 39.2 Å². The zero-order chi connectivity index (χ0) is 28.6. The van der Waals surface area contributed by atoms with Crippen LogP contribution in [0.4, 0.5) is 5.69 Å². The molecule has 0 radical (unpaired) electrons. The molecule has 204 valence electrons. The molecule has 3 aromatic carbocycles. The van der Waals surface area contributed by atoms with E-state index in [1.165, 1.54) is 16.2 Å². The van der Waals surface area contributed by atoms with Gasteiger partial charge in [-0.25, -0.2) is 0 Å². The van der Waals surface area contributed by atoms with E-state index in [4.69, 9.17) is 9.47 Å². The zero-order valence-corrected chi connectivity index (χ0v) is 23.9. The number of methoxy groups -OCH3 is 1. The predicted octanol–water partition coefficient (Wildman–Crippen LogP) is 7.78. The van der Waals surface area contributed by atoms with Gasteiger partial charge in [0.1, 0.15) is 29.0 Å². The Balaban J connectivity index is 1.57. The van der Waals surface area contributed by atoms with E-state index >= 15 is 0 Å². The number of carbonyl (C=O) groups is 2. The largest absolute Gasteiger partial charge is 0.507 e. The van der Waals surface area contributed by atoms with Gasteiger partial charge in [-0.15, -0.1) is 11.3 Å². The Bertz CT molecular complexity index is 1600. The number of hydrogen-bond donors (Lipinski definition) is 1. The number of ketones is 1. The third-order valence-corrected chi connectivity index (χ3v) is 7.80. The topological polar surface area (TPSA) is 76.1 Å². The van der Waals surface area contributed by atoms with Crippen LogP contribution in [0.3, 0.4) is 0 Å². The molecule has 1 atom stereocenters. The van der Waals surface area contributed by atoms with Crippen LogP contribution in [0.1, 0.15) is 48.4 Å². The lowest BCUT2D eigenvalue weighted by Crippen LogP contribution is -2.29. The van der Waals surface area contributed by atoms with E-state index < -0.39 is 17.7 Å². The Labute approximate surface area is 238 Å². The summed E-state index contributed by atoms with van der Waals surface area (Å²) in [6.45, 7) is 8.13. The lowest BCUT2D eigenvalue weighted by molar-refractivity contribution is -0.132. The molecule has 1 aliphatic heterocycles. The molecule has 0 aliphatic carbocycles. The number of benzene rings is 3. The molecule has 0 bridgehead atoms. The summed E-state index contributed by atoms with van der Waals surface area (Å²) in [6, 6.07) is 23.0. The number of rotatable bonds is 6. The molecule has 6 nitrogen and oxygen atoms in total. The Morgan fingerprint density at radius 1 is 0.925 bits per heavy atom. The maximum Gasteiger partial charge on any atom is 0.300 e. The van der Waals surface area contributed by atoms with Crippen LogP contribution in [0.25, 0.3) is 5.76 Å². The first-order valence-electron chi connectivity index (χ1n) is 13.0. The number of amides is 1. The van der Waals surface area contributed by atoms with Crippen LogP contribution >= 0.6 is 11.3 Å². The van der Waals surface area contributed by atoms with Crippen LogP contribution in [-0.4, -0.2) is 23.9 Å². The Morgan fingerprint density at radius 3 is 2.30 bits per heavy atom. The second-order valence-corrected chi connectivity index (χ2v) is 11.7. The fourth-order valence-corrected chi connectivity index (χ4v) is 5.73. The second kappa shape index (κ2) is 10.7. The van der Waals surface area contributed by atoms with Gasteiger partial charge in [-0.3, -0.25) is 14.5 Å². The maximum absolute atomic E-state index is 13.5. The van der Waals surface area contributed by atoms with E-state index in [0.29, 0.717) is 28.5 Å². The van der Waals surface area contributed by atoms with Crippen molar-refractivity contribution in [3.05, 3.63) is 111 Å². The van der Waals surface area contributed by atoms with Crippen LogP contribution in [-0.2, 0) is 15.0 Å². The second-order valence-electron chi connectivity index (χ2n) is 10.8. The molecule has 1 unspecified atom stereocenters. The van der Waals surface area contributed by atoms with Crippen molar-refractivity contribution >= 4 is 34.5 Å². The van der Waals surface area contributed by atoms with Gasteiger partial charge in [-0.2, -0.15) is 0 Å². The third-order valence-electron chi connectivity index (χ3n) is 6.88. The molecule has 1 N–H and O–H groups in total. The minimum absolute atomic E-state index is 0.0533. The molecule has 7 heteroatoms. The maximum atomic E-state index is 13.5.